The largest absolute Gasteiger partial charge is 0.471 e. The zero-order valence-corrected chi connectivity index (χ0v) is 31.5. The topological polar surface area (TPSA) is 75.2 Å². The summed E-state index contributed by atoms with van der Waals surface area (Å²) in [7, 11) is -6.60. The minimum Gasteiger partial charge on any atom is -0.399 e. The Bertz CT molecular complexity index is 1300. The van der Waals surface area contributed by atoms with E-state index < -0.39 is 80.8 Å². The fraction of sp³-hybridized carbons (Fsp3) is 0.629. The predicted molar refractivity (Wildman–Crippen MR) is 181 cm³/mol. The molecule has 2 aliphatic heterocycles. The number of hydrogen-bond donors (Lipinski definition) is 1. The summed E-state index contributed by atoms with van der Waals surface area (Å²) >= 11 is 0. The third-order valence-corrected chi connectivity index (χ3v) is 19.2. The number of ether oxygens (including phenoxy) is 2. The van der Waals surface area contributed by atoms with Gasteiger partial charge in [0.1, 0.15) is 18.2 Å². The van der Waals surface area contributed by atoms with Gasteiger partial charge < -0.3 is 28.1 Å². The van der Waals surface area contributed by atoms with E-state index >= 15 is 0 Å². The van der Waals surface area contributed by atoms with Crippen molar-refractivity contribution in [2.24, 2.45) is 0 Å². The molecule has 5 atom stereocenters. The average molecular weight is 696 g/mol. The number of benzene rings is 2. The molecule has 2 aromatic carbocycles. The number of rotatable bonds is 7. The lowest BCUT2D eigenvalue weighted by molar-refractivity contribution is -0.286. The molecule has 0 radical (unpaired) electrons. The number of hydrogen-bond acceptors (Lipinski definition) is 6. The first-order valence-corrected chi connectivity index (χ1v) is 20.1. The molecule has 2 heterocycles. The Balaban J connectivity index is 2.02. The summed E-state index contributed by atoms with van der Waals surface area (Å²) in [5.41, 5.74) is 0. The Kier molecular flexibility index (Phi) is 10.7. The van der Waals surface area contributed by atoms with Gasteiger partial charge in [-0.05, 0) is 29.3 Å². The number of halogens is 3. The zero-order chi connectivity index (χ0) is 35.2. The minimum atomic E-state index is -5.15. The summed E-state index contributed by atoms with van der Waals surface area (Å²) in [5.74, 6) is -2.10. The second-order valence-corrected chi connectivity index (χ2v) is 25.0. The van der Waals surface area contributed by atoms with Gasteiger partial charge in [-0.15, -0.1) is 0 Å². The Morgan fingerprint density at radius 3 is 1.77 bits per heavy atom. The van der Waals surface area contributed by atoms with Crippen molar-refractivity contribution in [3.8, 4) is 0 Å². The van der Waals surface area contributed by atoms with Crippen molar-refractivity contribution in [1.29, 1.82) is 0 Å². The Hall–Kier alpha value is -2.07. The van der Waals surface area contributed by atoms with Gasteiger partial charge in [0.25, 0.3) is 8.32 Å². The van der Waals surface area contributed by atoms with Gasteiger partial charge in [0.05, 0.1) is 18.8 Å². The monoisotopic (exact) mass is 695 g/mol. The van der Waals surface area contributed by atoms with E-state index in [0.717, 1.165) is 10.4 Å². The molecule has 2 saturated heterocycles. The summed E-state index contributed by atoms with van der Waals surface area (Å²) in [4.78, 5) is 12.8. The van der Waals surface area contributed by atoms with Crippen LogP contribution in [0.1, 0.15) is 76.2 Å². The van der Waals surface area contributed by atoms with E-state index in [1.807, 2.05) is 60.7 Å². The van der Waals surface area contributed by atoms with Crippen molar-refractivity contribution < 1.29 is 40.7 Å². The molecule has 2 fully saturated rings. The maximum Gasteiger partial charge on any atom is 0.471 e. The molecule has 0 unspecified atom stereocenters. The summed E-state index contributed by atoms with van der Waals surface area (Å²) < 4.78 is 76.0. The van der Waals surface area contributed by atoms with E-state index in [-0.39, 0.29) is 6.61 Å². The van der Waals surface area contributed by atoms with Crippen molar-refractivity contribution in [3.05, 3.63) is 60.7 Å². The quantitative estimate of drug-likeness (QED) is 0.330. The molecule has 2 aromatic rings. The van der Waals surface area contributed by atoms with Crippen LogP contribution < -0.4 is 15.7 Å². The highest BCUT2D eigenvalue weighted by Crippen LogP contribution is 2.55. The summed E-state index contributed by atoms with van der Waals surface area (Å²) in [6, 6.07) is 18.3. The normalized spacial score (nSPS) is 25.7. The maximum atomic E-state index is 14.0. The molecule has 0 aliphatic carbocycles. The van der Waals surface area contributed by atoms with Crippen LogP contribution in [0.2, 0.25) is 15.1 Å². The molecular weight excluding hydrogens is 644 g/mol. The molecular formula is C35H52F3NO6Si2. The van der Waals surface area contributed by atoms with Crippen LogP contribution in [0, 0.1) is 0 Å². The van der Waals surface area contributed by atoms with Crippen molar-refractivity contribution in [1.82, 2.24) is 5.32 Å². The second-order valence-electron chi connectivity index (χ2n) is 16.0. The molecule has 4 rings (SSSR count). The number of amides is 1. The molecule has 12 heteroatoms. The first-order chi connectivity index (χ1) is 21.5. The summed E-state index contributed by atoms with van der Waals surface area (Å²) in [5, 5.41) is 2.73. The molecule has 0 aromatic heterocycles. The molecule has 0 saturated carbocycles. The molecule has 1 amide bonds. The van der Waals surface area contributed by atoms with E-state index in [4.69, 9.17) is 22.8 Å². The number of fused-ring (bicyclic) bond motifs is 1. The molecule has 7 nitrogen and oxygen atoms in total. The van der Waals surface area contributed by atoms with Crippen LogP contribution >= 0.6 is 0 Å². The van der Waals surface area contributed by atoms with Gasteiger partial charge in [-0.2, -0.15) is 13.2 Å². The number of carbonyl (C=O) groups excluding carboxylic acids is 1. The summed E-state index contributed by atoms with van der Waals surface area (Å²) in [6.07, 6.45) is -9.55. The highest BCUT2D eigenvalue weighted by atomic mass is 28.4. The van der Waals surface area contributed by atoms with Gasteiger partial charge in [0.2, 0.25) is 0 Å². The number of nitrogens with one attached hydrogen (secondary N) is 1. The third kappa shape index (κ3) is 7.29. The SMILES string of the molecule is CC(C)O[C@H]1O[C@@H]2CO[Si](C(C)(C)C)(C(C)(C)C)O[C@@H]2[C@H](O[Si](c2ccccc2)(c2ccccc2)C(C)(C)C)[C@H]1NC(=O)C(F)(F)F. The fourth-order valence-electron chi connectivity index (χ4n) is 7.32. The maximum absolute atomic E-state index is 14.0. The fourth-order valence-corrected chi connectivity index (χ4v) is 17.0. The van der Waals surface area contributed by atoms with Crippen LogP contribution in [0.3, 0.4) is 0 Å². The highest BCUT2D eigenvalue weighted by molar-refractivity contribution is 6.99. The average Bonchev–Trinajstić information content (AvgIpc) is 2.95. The van der Waals surface area contributed by atoms with Crippen LogP contribution in [-0.4, -0.2) is 72.3 Å². The lowest BCUT2D eigenvalue weighted by atomic mass is 9.96. The lowest BCUT2D eigenvalue weighted by Crippen LogP contribution is -2.77. The molecule has 0 spiro atoms. The van der Waals surface area contributed by atoms with E-state index in [0.29, 0.717) is 0 Å². The van der Waals surface area contributed by atoms with Gasteiger partial charge in [-0.3, -0.25) is 4.79 Å². The minimum absolute atomic E-state index is 0.143. The van der Waals surface area contributed by atoms with Gasteiger partial charge in [-0.1, -0.05) is 123 Å². The first-order valence-electron chi connectivity index (χ1n) is 16.3. The molecule has 47 heavy (non-hydrogen) atoms. The van der Waals surface area contributed by atoms with E-state index in [1.165, 1.54) is 0 Å². The van der Waals surface area contributed by atoms with E-state index in [1.54, 1.807) is 13.8 Å². The Morgan fingerprint density at radius 2 is 1.36 bits per heavy atom. The smallest absolute Gasteiger partial charge is 0.399 e. The van der Waals surface area contributed by atoms with Crippen LogP contribution in [0.4, 0.5) is 13.2 Å². The Labute approximate surface area is 280 Å². The van der Waals surface area contributed by atoms with Gasteiger partial charge >= 0.3 is 20.6 Å². The van der Waals surface area contributed by atoms with Gasteiger partial charge in [0.15, 0.2) is 6.29 Å². The van der Waals surface area contributed by atoms with Crippen molar-refractivity contribution in [2.45, 2.75) is 134 Å². The predicted octanol–water partition coefficient (Wildman–Crippen LogP) is 6.59. The molecule has 2 aliphatic rings. The van der Waals surface area contributed by atoms with Crippen LogP contribution in [0.25, 0.3) is 0 Å². The first kappa shape index (κ1) is 37.7. The van der Waals surface area contributed by atoms with Gasteiger partial charge in [-0.25, -0.2) is 0 Å². The zero-order valence-electron chi connectivity index (χ0n) is 29.5. The Morgan fingerprint density at radius 1 is 0.872 bits per heavy atom. The highest BCUT2D eigenvalue weighted by Gasteiger charge is 2.66. The standard InChI is InChI=1S/C35H52F3NO6Si2/c1-23(2)42-30-27(39-31(40)35(36,37)38)29(28-26(43-30)22-41-47(45-28,33(6,7)8)34(9,10)11)44-46(32(3,4)5,24-18-14-12-15-19-24)25-20-16-13-17-21-25/h12-21,23,26-30H,22H2,1-11H3,(H,39,40)/t26-,27-,28+,29-,30+/m1/s1. The van der Waals surface area contributed by atoms with Crippen molar-refractivity contribution >= 4 is 33.2 Å². The van der Waals surface area contributed by atoms with Crippen LogP contribution in [-0.2, 0) is 27.5 Å². The van der Waals surface area contributed by atoms with Crippen molar-refractivity contribution in [2.75, 3.05) is 6.61 Å². The van der Waals surface area contributed by atoms with E-state index in [9.17, 15) is 18.0 Å². The lowest BCUT2D eigenvalue weighted by Gasteiger charge is -2.59. The van der Waals surface area contributed by atoms with Crippen LogP contribution in [0.15, 0.2) is 60.7 Å². The number of carbonyl (C=O) groups is 1. The van der Waals surface area contributed by atoms with Gasteiger partial charge in [0, 0.05) is 10.1 Å². The van der Waals surface area contributed by atoms with E-state index in [2.05, 4.69) is 67.6 Å². The molecule has 262 valence electrons. The van der Waals surface area contributed by atoms with Crippen molar-refractivity contribution in [3.63, 3.8) is 0 Å². The molecule has 0 bridgehead atoms. The summed E-state index contributed by atoms with van der Waals surface area (Å²) in [6.45, 7) is 22.4. The second kappa shape index (κ2) is 13.3. The molecule has 1 N–H and O–H groups in total. The third-order valence-electron chi connectivity index (χ3n) is 9.07. The van der Waals surface area contributed by atoms with Crippen LogP contribution in [0.5, 0.6) is 0 Å². The number of alkyl halides is 3.